The molecule has 1 fully saturated rings. The lowest BCUT2D eigenvalue weighted by atomic mass is 10.2. The molecule has 0 bridgehead atoms. The molecule has 37 heavy (non-hydrogen) atoms. The van der Waals surface area contributed by atoms with Crippen LogP contribution in [0, 0.1) is 6.92 Å². The fraction of sp³-hybridized carbons (Fsp3) is 0.462. The summed E-state index contributed by atoms with van der Waals surface area (Å²) in [7, 11) is 0. The number of nitrogens with zero attached hydrogens (tertiary/aromatic N) is 5. The Morgan fingerprint density at radius 2 is 1.97 bits per heavy atom. The largest absolute Gasteiger partial charge is 0.444 e. The SMILES string of the molecule is Cc1nc(Cc2ncc(-c3ccncc3)s2)cc(NCCNC(=O)[C@@H]2CCCN2C(=O)OC(C)(C)C)n1. The predicted octanol–water partition coefficient (Wildman–Crippen LogP) is 3.82. The number of nitrogens with one attached hydrogen (secondary N) is 2. The van der Waals surface area contributed by atoms with E-state index in [4.69, 9.17) is 4.74 Å². The van der Waals surface area contributed by atoms with E-state index >= 15 is 0 Å². The maximum Gasteiger partial charge on any atom is 0.410 e. The van der Waals surface area contributed by atoms with Crippen molar-refractivity contribution in [3.63, 3.8) is 0 Å². The highest BCUT2D eigenvalue weighted by atomic mass is 32.1. The molecule has 0 aromatic carbocycles. The van der Waals surface area contributed by atoms with Crippen molar-refractivity contribution >= 4 is 29.2 Å². The van der Waals surface area contributed by atoms with Crippen molar-refractivity contribution in [2.45, 2.75) is 58.6 Å². The van der Waals surface area contributed by atoms with Gasteiger partial charge in [-0.05, 0) is 58.2 Å². The summed E-state index contributed by atoms with van der Waals surface area (Å²) in [4.78, 5) is 45.4. The van der Waals surface area contributed by atoms with Crippen LogP contribution < -0.4 is 10.6 Å². The molecule has 0 unspecified atom stereocenters. The van der Waals surface area contributed by atoms with Crippen LogP contribution in [0.15, 0.2) is 36.8 Å². The summed E-state index contributed by atoms with van der Waals surface area (Å²) in [5, 5.41) is 7.15. The van der Waals surface area contributed by atoms with Gasteiger partial charge in [0.05, 0.1) is 15.6 Å². The second-order valence-corrected chi connectivity index (χ2v) is 11.0. The van der Waals surface area contributed by atoms with Crippen LogP contribution in [0.2, 0.25) is 0 Å². The van der Waals surface area contributed by atoms with Crippen LogP contribution in [-0.4, -0.2) is 68.1 Å². The number of likely N-dealkylation sites (tertiary alicyclic amines) is 1. The van der Waals surface area contributed by atoms with Gasteiger partial charge in [0.15, 0.2) is 0 Å². The standard InChI is InChI=1S/C26H33N7O3S/c1-17-31-19(15-23-30-16-21(37-23)18-7-9-27-10-8-18)14-22(32-17)28-11-12-29-24(34)20-6-5-13-33(20)25(35)36-26(2,3)4/h7-10,14,16,20H,5-6,11-13,15H2,1-4H3,(H,29,34)(H,28,31,32)/t20-/m0/s1. The second kappa shape index (κ2) is 11.6. The van der Waals surface area contributed by atoms with E-state index in [-0.39, 0.29) is 5.91 Å². The highest BCUT2D eigenvalue weighted by Crippen LogP contribution is 2.27. The van der Waals surface area contributed by atoms with E-state index in [1.165, 1.54) is 4.90 Å². The average Bonchev–Trinajstić information content (AvgIpc) is 3.51. The summed E-state index contributed by atoms with van der Waals surface area (Å²) in [5.74, 6) is 1.19. The van der Waals surface area contributed by atoms with Crippen LogP contribution in [0.25, 0.3) is 10.4 Å². The molecule has 0 saturated carbocycles. The van der Waals surface area contributed by atoms with Crippen molar-refractivity contribution < 1.29 is 14.3 Å². The van der Waals surface area contributed by atoms with Gasteiger partial charge in [0.1, 0.15) is 23.3 Å². The Kier molecular flexibility index (Phi) is 8.32. The summed E-state index contributed by atoms with van der Waals surface area (Å²) < 4.78 is 5.45. The van der Waals surface area contributed by atoms with Gasteiger partial charge in [0, 0.05) is 50.7 Å². The van der Waals surface area contributed by atoms with Gasteiger partial charge in [-0.3, -0.25) is 14.7 Å². The first-order valence-corrected chi connectivity index (χ1v) is 13.2. The number of carbonyl (C=O) groups excluding carboxylic acids is 2. The lowest BCUT2D eigenvalue weighted by Crippen LogP contribution is -2.48. The Morgan fingerprint density at radius 1 is 1.19 bits per heavy atom. The highest BCUT2D eigenvalue weighted by Gasteiger charge is 2.36. The number of rotatable bonds is 8. The first kappa shape index (κ1) is 26.5. The quantitative estimate of drug-likeness (QED) is 0.427. The lowest BCUT2D eigenvalue weighted by Gasteiger charge is -2.28. The molecule has 0 aliphatic carbocycles. The zero-order valence-corrected chi connectivity index (χ0v) is 22.5. The summed E-state index contributed by atoms with van der Waals surface area (Å²) in [5.41, 5.74) is 1.36. The minimum atomic E-state index is -0.597. The number of hydrogen-bond donors (Lipinski definition) is 2. The number of hydrogen-bond acceptors (Lipinski definition) is 9. The Hall–Kier alpha value is -3.60. The van der Waals surface area contributed by atoms with Gasteiger partial charge in [-0.1, -0.05) is 0 Å². The van der Waals surface area contributed by atoms with Crippen LogP contribution in [0.3, 0.4) is 0 Å². The van der Waals surface area contributed by atoms with E-state index in [0.29, 0.717) is 44.1 Å². The van der Waals surface area contributed by atoms with E-state index in [1.54, 1.807) is 23.7 Å². The molecule has 1 saturated heterocycles. The normalized spacial score (nSPS) is 15.5. The van der Waals surface area contributed by atoms with Gasteiger partial charge >= 0.3 is 6.09 Å². The van der Waals surface area contributed by atoms with E-state index in [0.717, 1.165) is 27.6 Å². The third-order valence-electron chi connectivity index (χ3n) is 5.66. The zero-order valence-electron chi connectivity index (χ0n) is 21.7. The molecule has 2 amide bonds. The minimum absolute atomic E-state index is 0.168. The van der Waals surface area contributed by atoms with Crippen LogP contribution in [0.5, 0.6) is 0 Å². The molecule has 3 aromatic heterocycles. The van der Waals surface area contributed by atoms with Gasteiger partial charge < -0.3 is 15.4 Å². The molecule has 1 aliphatic rings. The molecular formula is C26H33N7O3S. The average molecular weight is 524 g/mol. The van der Waals surface area contributed by atoms with Crippen molar-refractivity contribution in [3.05, 3.63) is 53.3 Å². The summed E-state index contributed by atoms with van der Waals surface area (Å²) in [6.45, 7) is 8.72. The molecule has 4 heterocycles. The number of anilines is 1. The second-order valence-electron chi connectivity index (χ2n) is 9.87. The molecule has 0 radical (unpaired) electrons. The molecule has 1 aliphatic heterocycles. The lowest BCUT2D eigenvalue weighted by molar-refractivity contribution is -0.125. The summed E-state index contributed by atoms with van der Waals surface area (Å²) >= 11 is 1.63. The number of amides is 2. The molecule has 3 aromatic rings. The molecule has 196 valence electrons. The van der Waals surface area contributed by atoms with Gasteiger partial charge in [0.2, 0.25) is 5.91 Å². The zero-order chi connectivity index (χ0) is 26.4. The molecular weight excluding hydrogens is 490 g/mol. The molecule has 2 N–H and O–H groups in total. The Labute approximate surface area is 220 Å². The van der Waals surface area contributed by atoms with Crippen LogP contribution in [0.1, 0.15) is 50.1 Å². The van der Waals surface area contributed by atoms with Gasteiger partial charge in [-0.2, -0.15) is 0 Å². The first-order chi connectivity index (χ1) is 17.7. The number of carbonyl (C=O) groups is 2. The Morgan fingerprint density at radius 3 is 2.73 bits per heavy atom. The first-order valence-electron chi connectivity index (χ1n) is 12.4. The fourth-order valence-corrected chi connectivity index (χ4v) is 5.02. The van der Waals surface area contributed by atoms with Gasteiger partial charge in [0.25, 0.3) is 0 Å². The van der Waals surface area contributed by atoms with E-state index in [1.807, 2.05) is 52.1 Å². The number of pyridine rings is 1. The van der Waals surface area contributed by atoms with E-state index in [2.05, 4.69) is 30.6 Å². The highest BCUT2D eigenvalue weighted by molar-refractivity contribution is 7.15. The Bertz CT molecular complexity index is 1230. The number of thiazole rings is 1. The van der Waals surface area contributed by atoms with Crippen molar-refractivity contribution in [1.29, 1.82) is 0 Å². The van der Waals surface area contributed by atoms with Gasteiger partial charge in [-0.15, -0.1) is 11.3 Å². The maximum absolute atomic E-state index is 12.7. The van der Waals surface area contributed by atoms with Crippen molar-refractivity contribution in [2.75, 3.05) is 25.0 Å². The monoisotopic (exact) mass is 523 g/mol. The third-order valence-corrected chi connectivity index (χ3v) is 6.70. The van der Waals surface area contributed by atoms with Crippen molar-refractivity contribution in [3.8, 4) is 10.4 Å². The number of ether oxygens (including phenoxy) is 1. The predicted molar refractivity (Wildman–Crippen MR) is 142 cm³/mol. The molecule has 11 heteroatoms. The topological polar surface area (TPSA) is 122 Å². The summed E-state index contributed by atoms with van der Waals surface area (Å²) in [6, 6.07) is 5.34. The fourth-order valence-electron chi connectivity index (χ4n) is 4.08. The Balaban J connectivity index is 1.28. The molecule has 10 nitrogen and oxygen atoms in total. The maximum atomic E-state index is 12.7. The van der Waals surface area contributed by atoms with Crippen LogP contribution in [-0.2, 0) is 16.0 Å². The third kappa shape index (κ3) is 7.45. The minimum Gasteiger partial charge on any atom is -0.444 e. The van der Waals surface area contributed by atoms with Crippen molar-refractivity contribution in [1.82, 2.24) is 30.2 Å². The van der Waals surface area contributed by atoms with E-state index in [9.17, 15) is 9.59 Å². The summed E-state index contributed by atoms with van der Waals surface area (Å²) in [6.07, 6.45) is 6.99. The van der Waals surface area contributed by atoms with E-state index < -0.39 is 17.7 Å². The molecule has 1 atom stereocenters. The number of aromatic nitrogens is 4. The van der Waals surface area contributed by atoms with Gasteiger partial charge in [-0.25, -0.2) is 19.7 Å². The van der Waals surface area contributed by atoms with Crippen molar-refractivity contribution in [2.24, 2.45) is 0 Å². The number of aryl methyl sites for hydroxylation is 1. The van der Waals surface area contributed by atoms with Crippen LogP contribution >= 0.6 is 11.3 Å². The molecule has 0 spiro atoms. The smallest absolute Gasteiger partial charge is 0.410 e. The molecule has 4 rings (SSSR count). The van der Waals surface area contributed by atoms with Crippen LogP contribution in [0.4, 0.5) is 10.6 Å².